The number of nitrogens with two attached hydrogens (primary N) is 1. The molecule has 1 heterocycles. The summed E-state index contributed by atoms with van der Waals surface area (Å²) in [7, 11) is 0. The molecule has 0 aliphatic heterocycles. The fourth-order valence-electron chi connectivity index (χ4n) is 1.51. The van der Waals surface area contributed by atoms with Gasteiger partial charge in [0.05, 0.1) is 0 Å². The molecule has 2 N–H and O–H groups in total. The van der Waals surface area contributed by atoms with Crippen LogP contribution in [-0.4, -0.2) is 10.2 Å². The Kier molecular flexibility index (Phi) is 3.81. The molecule has 1 aromatic heterocycles. The number of aryl methyl sites for hydroxylation is 1. The Labute approximate surface area is 105 Å². The lowest BCUT2D eigenvalue weighted by Gasteiger charge is -2.12. The number of aromatic nitrogens is 2. The van der Waals surface area contributed by atoms with E-state index in [0.29, 0.717) is 11.1 Å². The summed E-state index contributed by atoms with van der Waals surface area (Å²) in [4.78, 5) is 1.07. The van der Waals surface area contributed by atoms with Crippen LogP contribution < -0.4 is 5.73 Å². The van der Waals surface area contributed by atoms with Gasteiger partial charge in [-0.2, -0.15) is 0 Å². The highest BCUT2D eigenvalue weighted by atomic mass is 32.2. The Morgan fingerprint density at radius 3 is 2.76 bits per heavy atom. The van der Waals surface area contributed by atoms with E-state index in [1.54, 1.807) is 6.92 Å². The van der Waals surface area contributed by atoms with Crippen LogP contribution in [0.15, 0.2) is 38.8 Å². The number of hydrogen-bond acceptors (Lipinski definition) is 5. The van der Waals surface area contributed by atoms with Crippen molar-refractivity contribution in [1.29, 1.82) is 0 Å². The van der Waals surface area contributed by atoms with Gasteiger partial charge in [0.2, 0.25) is 5.89 Å². The van der Waals surface area contributed by atoms with E-state index in [1.807, 2.05) is 24.3 Å². The minimum absolute atomic E-state index is 0.0442. The maximum Gasteiger partial charge on any atom is 0.281 e. The molecule has 0 saturated heterocycles. The summed E-state index contributed by atoms with van der Waals surface area (Å²) >= 11 is 1.46. The smallest absolute Gasteiger partial charge is 0.281 e. The minimum Gasteiger partial charge on any atom is -0.416 e. The molecule has 0 bridgehead atoms. The number of nitrogens with zero attached hydrogens (tertiary/aromatic N) is 2. The van der Waals surface area contributed by atoms with Crippen molar-refractivity contribution < 1.29 is 4.42 Å². The first kappa shape index (κ1) is 12.1. The van der Waals surface area contributed by atoms with Crippen LogP contribution in [-0.2, 0) is 0 Å². The third-order valence-electron chi connectivity index (χ3n) is 2.46. The summed E-state index contributed by atoms with van der Waals surface area (Å²) in [5.41, 5.74) is 7.20. The molecule has 1 atom stereocenters. The summed E-state index contributed by atoms with van der Waals surface area (Å²) in [6.07, 6.45) is 0.903. The van der Waals surface area contributed by atoms with Gasteiger partial charge in [0.1, 0.15) is 0 Å². The van der Waals surface area contributed by atoms with Crippen LogP contribution in [0.3, 0.4) is 0 Å². The van der Waals surface area contributed by atoms with Gasteiger partial charge >= 0.3 is 0 Å². The molecule has 4 nitrogen and oxygen atoms in total. The minimum atomic E-state index is 0.0442. The lowest BCUT2D eigenvalue weighted by Crippen LogP contribution is -2.09. The second kappa shape index (κ2) is 5.33. The van der Waals surface area contributed by atoms with Gasteiger partial charge in [-0.25, -0.2) is 0 Å². The fourth-order valence-corrected chi connectivity index (χ4v) is 2.43. The van der Waals surface area contributed by atoms with Gasteiger partial charge in [-0.15, -0.1) is 10.2 Å². The topological polar surface area (TPSA) is 64.9 Å². The van der Waals surface area contributed by atoms with E-state index >= 15 is 0 Å². The SMILES string of the molecule is CC[C@@H](N)c1ccccc1Sc1nnc(C)o1. The van der Waals surface area contributed by atoms with Crippen LogP contribution >= 0.6 is 11.8 Å². The number of benzene rings is 1. The van der Waals surface area contributed by atoms with E-state index in [0.717, 1.165) is 16.9 Å². The molecule has 0 radical (unpaired) electrons. The molecule has 17 heavy (non-hydrogen) atoms. The zero-order chi connectivity index (χ0) is 12.3. The average Bonchev–Trinajstić information content (AvgIpc) is 2.74. The van der Waals surface area contributed by atoms with Crippen molar-refractivity contribution in [3.63, 3.8) is 0 Å². The molecule has 0 spiro atoms. The predicted octanol–water partition coefficient (Wildman–Crippen LogP) is 2.94. The predicted molar refractivity (Wildman–Crippen MR) is 66.8 cm³/mol. The first-order valence-electron chi connectivity index (χ1n) is 5.53. The molecule has 1 aromatic carbocycles. The molecule has 0 saturated carbocycles. The van der Waals surface area contributed by atoms with Gasteiger partial charge in [0.15, 0.2) is 0 Å². The van der Waals surface area contributed by atoms with Gasteiger partial charge in [-0.3, -0.25) is 0 Å². The van der Waals surface area contributed by atoms with Gasteiger partial charge in [0.25, 0.3) is 5.22 Å². The van der Waals surface area contributed by atoms with Crippen molar-refractivity contribution in [3.05, 3.63) is 35.7 Å². The second-order valence-corrected chi connectivity index (χ2v) is 4.73. The van der Waals surface area contributed by atoms with Crippen LogP contribution in [0, 0.1) is 6.92 Å². The molecule has 0 aliphatic rings. The zero-order valence-electron chi connectivity index (χ0n) is 9.88. The molecule has 0 aliphatic carbocycles. The average molecular weight is 249 g/mol. The first-order valence-corrected chi connectivity index (χ1v) is 6.34. The van der Waals surface area contributed by atoms with E-state index < -0.39 is 0 Å². The summed E-state index contributed by atoms with van der Waals surface area (Å²) in [5.74, 6) is 0.574. The summed E-state index contributed by atoms with van der Waals surface area (Å²) < 4.78 is 5.36. The summed E-state index contributed by atoms with van der Waals surface area (Å²) in [6, 6.07) is 8.09. The van der Waals surface area contributed by atoms with Crippen molar-refractivity contribution in [2.24, 2.45) is 5.73 Å². The zero-order valence-corrected chi connectivity index (χ0v) is 10.7. The first-order chi connectivity index (χ1) is 8.20. The maximum atomic E-state index is 6.07. The Balaban J connectivity index is 2.26. The second-order valence-electron chi connectivity index (χ2n) is 3.74. The van der Waals surface area contributed by atoms with Gasteiger partial charge in [-0.05, 0) is 29.8 Å². The van der Waals surface area contributed by atoms with E-state index in [-0.39, 0.29) is 6.04 Å². The van der Waals surface area contributed by atoms with E-state index in [9.17, 15) is 0 Å². The van der Waals surface area contributed by atoms with Crippen LogP contribution in [0.2, 0.25) is 0 Å². The van der Waals surface area contributed by atoms with Crippen LogP contribution in [0.4, 0.5) is 0 Å². The van der Waals surface area contributed by atoms with Crippen LogP contribution in [0.5, 0.6) is 0 Å². The quantitative estimate of drug-likeness (QED) is 0.902. The lowest BCUT2D eigenvalue weighted by atomic mass is 10.1. The fraction of sp³-hybridized carbons (Fsp3) is 0.333. The van der Waals surface area contributed by atoms with E-state index in [4.69, 9.17) is 10.2 Å². The maximum absolute atomic E-state index is 6.07. The largest absolute Gasteiger partial charge is 0.416 e. The van der Waals surface area contributed by atoms with Crippen LogP contribution in [0.25, 0.3) is 0 Å². The van der Waals surface area contributed by atoms with Crippen molar-refractivity contribution >= 4 is 11.8 Å². The van der Waals surface area contributed by atoms with Crippen molar-refractivity contribution in [3.8, 4) is 0 Å². The molecule has 2 aromatic rings. The number of rotatable bonds is 4. The van der Waals surface area contributed by atoms with Gasteiger partial charge in [0, 0.05) is 17.9 Å². The Hall–Kier alpha value is -1.33. The standard InChI is InChI=1S/C12H15N3OS/c1-3-10(13)9-6-4-5-7-11(9)17-12-15-14-8(2)16-12/h4-7,10H,3,13H2,1-2H3/t10-/m1/s1. The third-order valence-corrected chi connectivity index (χ3v) is 3.39. The molecule has 2 rings (SSSR count). The molecule has 0 unspecified atom stereocenters. The monoisotopic (exact) mass is 249 g/mol. The van der Waals surface area contributed by atoms with E-state index in [2.05, 4.69) is 17.1 Å². The molecule has 0 fully saturated rings. The Bertz CT molecular complexity index is 498. The van der Waals surface area contributed by atoms with Crippen molar-refractivity contribution in [2.75, 3.05) is 0 Å². The summed E-state index contributed by atoms with van der Waals surface area (Å²) in [5, 5.41) is 8.34. The number of hydrogen-bond donors (Lipinski definition) is 1. The highest BCUT2D eigenvalue weighted by molar-refractivity contribution is 7.99. The molecular formula is C12H15N3OS. The van der Waals surface area contributed by atoms with Gasteiger partial charge < -0.3 is 10.2 Å². The third kappa shape index (κ3) is 2.87. The van der Waals surface area contributed by atoms with Crippen LogP contribution in [0.1, 0.15) is 30.8 Å². The Morgan fingerprint density at radius 1 is 1.35 bits per heavy atom. The summed E-state index contributed by atoms with van der Waals surface area (Å²) in [6.45, 7) is 3.85. The molecular weight excluding hydrogens is 234 g/mol. The van der Waals surface area contributed by atoms with Gasteiger partial charge in [-0.1, -0.05) is 25.1 Å². The highest BCUT2D eigenvalue weighted by Gasteiger charge is 2.12. The van der Waals surface area contributed by atoms with Crippen molar-refractivity contribution in [2.45, 2.75) is 36.4 Å². The molecule has 90 valence electrons. The lowest BCUT2D eigenvalue weighted by molar-refractivity contribution is 0.429. The molecule has 0 amide bonds. The van der Waals surface area contributed by atoms with Crippen molar-refractivity contribution in [1.82, 2.24) is 10.2 Å². The Morgan fingerprint density at radius 2 is 2.12 bits per heavy atom. The molecule has 5 heteroatoms. The van der Waals surface area contributed by atoms with E-state index in [1.165, 1.54) is 11.8 Å². The normalized spacial score (nSPS) is 12.6. The highest BCUT2D eigenvalue weighted by Crippen LogP contribution is 2.32.